The average molecular weight is 248 g/mol. The van der Waals surface area contributed by atoms with Crippen LogP contribution in [0.15, 0.2) is 23.6 Å². The van der Waals surface area contributed by atoms with Gasteiger partial charge in [-0.15, -0.1) is 0 Å². The van der Waals surface area contributed by atoms with Crippen LogP contribution in [0.4, 0.5) is 5.69 Å². The summed E-state index contributed by atoms with van der Waals surface area (Å²) in [4.78, 5) is 6.45. The van der Waals surface area contributed by atoms with Crippen molar-refractivity contribution in [2.24, 2.45) is 10.9 Å². The fourth-order valence-electron chi connectivity index (χ4n) is 2.40. The van der Waals surface area contributed by atoms with Crippen molar-refractivity contribution in [2.75, 3.05) is 18.0 Å². The third kappa shape index (κ3) is 2.91. The molecule has 1 aliphatic heterocycles. The molecule has 1 aliphatic rings. The Morgan fingerprint density at radius 3 is 2.56 bits per heavy atom. The number of hydrogen-bond donors (Lipinski definition) is 2. The molecule has 0 amide bonds. The molecule has 0 spiro atoms. The summed E-state index contributed by atoms with van der Waals surface area (Å²) in [5.41, 5.74) is 7.44. The Kier molecular flexibility index (Phi) is 4.39. The van der Waals surface area contributed by atoms with E-state index in [9.17, 15) is 0 Å². The van der Waals surface area contributed by atoms with E-state index in [1.54, 1.807) is 18.5 Å². The normalized spacial score (nSPS) is 18.2. The van der Waals surface area contributed by atoms with Gasteiger partial charge in [-0.25, -0.2) is 0 Å². The zero-order valence-electron chi connectivity index (χ0n) is 10.5. The van der Waals surface area contributed by atoms with E-state index in [2.05, 4.69) is 15.0 Å². The monoisotopic (exact) mass is 248 g/mol. The first kappa shape index (κ1) is 12.7. The molecule has 3 N–H and O–H groups in total. The minimum Gasteiger partial charge on any atom is -0.409 e. The quantitative estimate of drug-likeness (QED) is 0.363. The molecule has 5 heteroatoms. The molecule has 2 rings (SSSR count). The zero-order chi connectivity index (χ0) is 12.8. The molecule has 0 atom stereocenters. The van der Waals surface area contributed by atoms with Gasteiger partial charge < -0.3 is 15.8 Å². The predicted molar refractivity (Wildman–Crippen MR) is 72.0 cm³/mol. The lowest BCUT2D eigenvalue weighted by Gasteiger charge is -2.28. The fourth-order valence-corrected chi connectivity index (χ4v) is 2.40. The van der Waals surface area contributed by atoms with Crippen molar-refractivity contribution in [3.05, 3.63) is 24.0 Å². The zero-order valence-corrected chi connectivity index (χ0v) is 10.5. The topological polar surface area (TPSA) is 74.7 Å². The molecule has 18 heavy (non-hydrogen) atoms. The number of nitrogens with two attached hydrogens (primary N) is 1. The molecule has 0 bridgehead atoms. The van der Waals surface area contributed by atoms with E-state index in [1.165, 1.54) is 32.1 Å². The van der Waals surface area contributed by atoms with Crippen molar-refractivity contribution < 1.29 is 5.21 Å². The van der Waals surface area contributed by atoms with Gasteiger partial charge in [-0.1, -0.05) is 24.4 Å². The predicted octanol–water partition coefficient (Wildman–Crippen LogP) is 1.95. The van der Waals surface area contributed by atoms with E-state index in [0.29, 0.717) is 0 Å². The van der Waals surface area contributed by atoms with Gasteiger partial charge in [0.05, 0.1) is 11.9 Å². The van der Waals surface area contributed by atoms with Crippen molar-refractivity contribution >= 4 is 11.5 Å². The lowest BCUT2D eigenvalue weighted by molar-refractivity contribution is 0.318. The Morgan fingerprint density at radius 1 is 1.22 bits per heavy atom. The molecule has 0 aliphatic carbocycles. The van der Waals surface area contributed by atoms with Gasteiger partial charge in [0.25, 0.3) is 0 Å². The van der Waals surface area contributed by atoms with Crippen molar-refractivity contribution in [3.63, 3.8) is 0 Å². The Labute approximate surface area is 107 Å². The van der Waals surface area contributed by atoms with E-state index in [4.69, 9.17) is 10.9 Å². The number of aromatic nitrogens is 1. The SMILES string of the molecule is N/C(=N/O)c1ccncc1N1CCCCCCC1. The van der Waals surface area contributed by atoms with Crippen LogP contribution in [-0.2, 0) is 0 Å². The summed E-state index contributed by atoms with van der Waals surface area (Å²) >= 11 is 0. The number of hydrogen-bond acceptors (Lipinski definition) is 4. The van der Waals surface area contributed by atoms with Gasteiger partial charge in [0.15, 0.2) is 5.84 Å². The molecular weight excluding hydrogens is 228 g/mol. The highest BCUT2D eigenvalue weighted by Gasteiger charge is 2.15. The third-order valence-electron chi connectivity index (χ3n) is 3.38. The fraction of sp³-hybridized carbons (Fsp3) is 0.538. The lowest BCUT2D eigenvalue weighted by Crippen LogP contribution is -2.30. The molecule has 1 aromatic rings. The summed E-state index contributed by atoms with van der Waals surface area (Å²) < 4.78 is 0. The van der Waals surface area contributed by atoms with Crippen LogP contribution in [0, 0.1) is 0 Å². The standard InChI is InChI=1S/C13H20N4O/c14-13(16-18)11-6-7-15-10-12(11)17-8-4-2-1-3-5-9-17/h6-7,10,18H,1-5,8-9H2,(H2,14,16). The maximum Gasteiger partial charge on any atom is 0.172 e. The molecule has 5 nitrogen and oxygen atoms in total. The average Bonchev–Trinajstić information content (AvgIpc) is 2.38. The Hall–Kier alpha value is -1.78. The van der Waals surface area contributed by atoms with E-state index in [1.807, 2.05) is 0 Å². The maximum atomic E-state index is 8.84. The third-order valence-corrected chi connectivity index (χ3v) is 3.38. The highest BCUT2D eigenvalue weighted by Crippen LogP contribution is 2.22. The second kappa shape index (κ2) is 6.23. The van der Waals surface area contributed by atoms with E-state index in [0.717, 1.165) is 24.3 Å². The van der Waals surface area contributed by atoms with Crippen LogP contribution in [0.25, 0.3) is 0 Å². The van der Waals surface area contributed by atoms with Crippen LogP contribution in [0.5, 0.6) is 0 Å². The van der Waals surface area contributed by atoms with E-state index >= 15 is 0 Å². The van der Waals surface area contributed by atoms with Gasteiger partial charge in [0.1, 0.15) is 0 Å². The van der Waals surface area contributed by atoms with Crippen molar-refractivity contribution in [3.8, 4) is 0 Å². The first-order valence-electron chi connectivity index (χ1n) is 6.50. The van der Waals surface area contributed by atoms with Crippen LogP contribution < -0.4 is 10.6 Å². The highest BCUT2D eigenvalue weighted by atomic mass is 16.4. The summed E-state index contributed by atoms with van der Waals surface area (Å²) in [6, 6.07) is 1.79. The van der Waals surface area contributed by atoms with E-state index in [-0.39, 0.29) is 5.84 Å². The van der Waals surface area contributed by atoms with Crippen LogP contribution in [0.2, 0.25) is 0 Å². The van der Waals surface area contributed by atoms with Crippen molar-refractivity contribution in [1.82, 2.24) is 4.98 Å². The number of rotatable bonds is 2. The molecule has 1 aromatic heterocycles. The molecule has 0 saturated carbocycles. The van der Waals surface area contributed by atoms with Gasteiger partial charge in [-0.2, -0.15) is 0 Å². The molecule has 1 fully saturated rings. The van der Waals surface area contributed by atoms with Crippen molar-refractivity contribution in [1.29, 1.82) is 0 Å². The second-order valence-corrected chi connectivity index (χ2v) is 4.63. The first-order chi connectivity index (χ1) is 8.83. The minimum absolute atomic E-state index is 0.148. The van der Waals surface area contributed by atoms with Gasteiger partial charge in [0.2, 0.25) is 0 Å². The summed E-state index contributed by atoms with van der Waals surface area (Å²) in [5, 5.41) is 11.9. The number of anilines is 1. The summed E-state index contributed by atoms with van der Waals surface area (Å²) in [5.74, 6) is 0.148. The van der Waals surface area contributed by atoms with Crippen LogP contribution in [0.1, 0.15) is 37.7 Å². The van der Waals surface area contributed by atoms with Gasteiger partial charge >= 0.3 is 0 Å². The first-order valence-corrected chi connectivity index (χ1v) is 6.50. The summed E-state index contributed by atoms with van der Waals surface area (Å²) in [6.45, 7) is 2.02. The molecular formula is C13H20N4O. The summed E-state index contributed by atoms with van der Waals surface area (Å²) in [6.07, 6.45) is 9.71. The Morgan fingerprint density at radius 2 is 1.89 bits per heavy atom. The molecule has 98 valence electrons. The minimum atomic E-state index is 0.148. The van der Waals surface area contributed by atoms with Crippen LogP contribution in [-0.4, -0.2) is 29.1 Å². The van der Waals surface area contributed by atoms with Crippen LogP contribution >= 0.6 is 0 Å². The molecule has 2 heterocycles. The number of amidine groups is 1. The van der Waals surface area contributed by atoms with Gasteiger partial charge in [0, 0.05) is 24.8 Å². The maximum absolute atomic E-state index is 8.84. The molecule has 0 aromatic carbocycles. The smallest absolute Gasteiger partial charge is 0.172 e. The Bertz CT molecular complexity index is 411. The van der Waals surface area contributed by atoms with Crippen molar-refractivity contribution in [2.45, 2.75) is 32.1 Å². The van der Waals surface area contributed by atoms with E-state index < -0.39 is 0 Å². The number of nitrogens with zero attached hydrogens (tertiary/aromatic N) is 3. The summed E-state index contributed by atoms with van der Waals surface area (Å²) in [7, 11) is 0. The Balaban J connectivity index is 2.25. The highest BCUT2D eigenvalue weighted by molar-refractivity contribution is 6.01. The molecule has 0 radical (unpaired) electrons. The lowest BCUT2D eigenvalue weighted by atomic mass is 10.1. The van der Waals surface area contributed by atoms with Crippen LogP contribution in [0.3, 0.4) is 0 Å². The molecule has 1 saturated heterocycles. The van der Waals surface area contributed by atoms with Gasteiger partial charge in [-0.3, -0.25) is 4.98 Å². The largest absolute Gasteiger partial charge is 0.409 e. The molecule has 0 unspecified atom stereocenters. The van der Waals surface area contributed by atoms with Gasteiger partial charge in [-0.05, 0) is 18.9 Å². The second-order valence-electron chi connectivity index (χ2n) is 4.63. The number of pyridine rings is 1. The number of oxime groups is 1.